The number of carbonyl (C=O) groups is 1. The summed E-state index contributed by atoms with van der Waals surface area (Å²) < 4.78 is 6.73. The largest absolute Gasteiger partial charge is 0.469 e. The third-order valence-corrected chi connectivity index (χ3v) is 3.66. The second-order valence-electron chi connectivity index (χ2n) is 5.20. The van der Waals surface area contributed by atoms with Crippen LogP contribution in [0.1, 0.15) is 24.8 Å². The Morgan fingerprint density at radius 1 is 1.55 bits per heavy atom. The Kier molecular flexibility index (Phi) is 3.69. The van der Waals surface area contributed by atoms with Crippen LogP contribution < -0.4 is 5.32 Å². The summed E-state index contributed by atoms with van der Waals surface area (Å²) in [7, 11) is 1.42. The van der Waals surface area contributed by atoms with Gasteiger partial charge in [0, 0.05) is 36.9 Å². The van der Waals surface area contributed by atoms with Gasteiger partial charge in [0.25, 0.3) is 0 Å². The van der Waals surface area contributed by atoms with Crippen LogP contribution in [0, 0.1) is 0 Å². The predicted molar refractivity (Wildman–Crippen MR) is 76.2 cm³/mol. The summed E-state index contributed by atoms with van der Waals surface area (Å²) in [5.41, 5.74) is 2.17. The van der Waals surface area contributed by atoms with Crippen LogP contribution in [-0.2, 0) is 22.6 Å². The minimum absolute atomic E-state index is 0.194. The van der Waals surface area contributed by atoms with Crippen molar-refractivity contribution in [3.05, 3.63) is 30.1 Å². The van der Waals surface area contributed by atoms with Crippen LogP contribution in [0.4, 0.5) is 0 Å². The summed E-state index contributed by atoms with van der Waals surface area (Å²) in [4.78, 5) is 15.7. The third-order valence-electron chi connectivity index (χ3n) is 3.66. The standard InChI is InChI=1S/C15H19N3O2/c1-20-14(19)6-8-18-10-11(9-17-12-4-5-12)13-3-2-7-16-15(13)18/h2-3,7,10,12,17H,4-6,8-9H2,1H3. The predicted octanol–water partition coefficient (Wildman–Crippen LogP) is 1.85. The number of rotatable bonds is 6. The SMILES string of the molecule is COC(=O)CCn1cc(CNC2CC2)c2cccnc21. The number of esters is 1. The van der Waals surface area contributed by atoms with Gasteiger partial charge in [-0.2, -0.15) is 0 Å². The van der Waals surface area contributed by atoms with Crippen LogP contribution in [0.2, 0.25) is 0 Å². The lowest BCUT2D eigenvalue weighted by Crippen LogP contribution is -2.15. The molecule has 0 aromatic carbocycles. The first kappa shape index (κ1) is 13.1. The van der Waals surface area contributed by atoms with Gasteiger partial charge in [-0.1, -0.05) is 0 Å². The van der Waals surface area contributed by atoms with Gasteiger partial charge in [0.15, 0.2) is 0 Å². The van der Waals surface area contributed by atoms with Crippen LogP contribution in [0.25, 0.3) is 11.0 Å². The maximum absolute atomic E-state index is 11.3. The van der Waals surface area contributed by atoms with E-state index in [9.17, 15) is 4.79 Å². The quantitative estimate of drug-likeness (QED) is 0.816. The minimum Gasteiger partial charge on any atom is -0.469 e. The fraction of sp³-hybridized carbons (Fsp3) is 0.467. The lowest BCUT2D eigenvalue weighted by atomic mass is 10.2. The summed E-state index contributed by atoms with van der Waals surface area (Å²) in [5.74, 6) is -0.194. The topological polar surface area (TPSA) is 56.1 Å². The van der Waals surface area contributed by atoms with Crippen LogP contribution in [-0.4, -0.2) is 28.7 Å². The van der Waals surface area contributed by atoms with Crippen molar-refractivity contribution in [2.24, 2.45) is 0 Å². The molecule has 1 N–H and O–H groups in total. The highest BCUT2D eigenvalue weighted by molar-refractivity contribution is 5.80. The Hall–Kier alpha value is -1.88. The number of aryl methyl sites for hydroxylation is 1. The highest BCUT2D eigenvalue weighted by atomic mass is 16.5. The summed E-state index contributed by atoms with van der Waals surface area (Å²) >= 11 is 0. The van der Waals surface area contributed by atoms with Gasteiger partial charge in [0.1, 0.15) is 5.65 Å². The molecule has 1 aliphatic carbocycles. The molecule has 1 fully saturated rings. The number of aromatic nitrogens is 2. The average Bonchev–Trinajstić information content (AvgIpc) is 3.25. The fourth-order valence-electron chi connectivity index (χ4n) is 2.36. The summed E-state index contributed by atoms with van der Waals surface area (Å²) in [6.07, 6.45) is 6.80. The molecule has 0 unspecified atom stereocenters. The van der Waals surface area contributed by atoms with Gasteiger partial charge in [-0.3, -0.25) is 4.79 Å². The number of hydrogen-bond acceptors (Lipinski definition) is 4. The van der Waals surface area contributed by atoms with Crippen LogP contribution in [0.3, 0.4) is 0 Å². The maximum Gasteiger partial charge on any atom is 0.307 e. The van der Waals surface area contributed by atoms with Gasteiger partial charge in [0.2, 0.25) is 0 Å². The van der Waals surface area contributed by atoms with E-state index in [2.05, 4.69) is 22.6 Å². The monoisotopic (exact) mass is 273 g/mol. The molecule has 0 bridgehead atoms. The fourth-order valence-corrected chi connectivity index (χ4v) is 2.36. The van der Waals surface area contributed by atoms with Crippen LogP contribution in [0.5, 0.6) is 0 Å². The van der Waals surface area contributed by atoms with Gasteiger partial charge >= 0.3 is 5.97 Å². The van der Waals surface area contributed by atoms with Crippen molar-refractivity contribution in [3.63, 3.8) is 0 Å². The van der Waals surface area contributed by atoms with Crippen molar-refractivity contribution in [1.82, 2.24) is 14.9 Å². The first-order valence-electron chi connectivity index (χ1n) is 7.01. The molecule has 5 heteroatoms. The average molecular weight is 273 g/mol. The maximum atomic E-state index is 11.3. The van der Waals surface area contributed by atoms with E-state index in [1.54, 1.807) is 6.20 Å². The zero-order valence-electron chi connectivity index (χ0n) is 11.6. The number of nitrogens with one attached hydrogen (secondary N) is 1. The molecule has 1 aliphatic rings. The van der Waals surface area contributed by atoms with Crippen molar-refractivity contribution < 1.29 is 9.53 Å². The molecule has 0 atom stereocenters. The number of methoxy groups -OCH3 is 1. The van der Waals surface area contributed by atoms with E-state index in [0.29, 0.717) is 19.0 Å². The molecule has 0 aliphatic heterocycles. The Morgan fingerprint density at radius 3 is 3.15 bits per heavy atom. The Labute approximate surface area is 117 Å². The number of fused-ring (bicyclic) bond motifs is 1. The smallest absolute Gasteiger partial charge is 0.307 e. The van der Waals surface area contributed by atoms with E-state index >= 15 is 0 Å². The highest BCUT2D eigenvalue weighted by Crippen LogP contribution is 2.23. The van der Waals surface area contributed by atoms with E-state index in [0.717, 1.165) is 17.6 Å². The lowest BCUT2D eigenvalue weighted by molar-refractivity contribution is -0.140. The van der Waals surface area contributed by atoms with Crippen molar-refractivity contribution in [2.45, 2.75) is 38.4 Å². The van der Waals surface area contributed by atoms with Crippen molar-refractivity contribution >= 4 is 17.0 Å². The molecule has 2 heterocycles. The molecular weight excluding hydrogens is 254 g/mol. The molecule has 5 nitrogen and oxygen atoms in total. The molecule has 2 aromatic heterocycles. The van der Waals surface area contributed by atoms with Crippen molar-refractivity contribution in [3.8, 4) is 0 Å². The zero-order chi connectivity index (χ0) is 13.9. The molecule has 0 amide bonds. The molecule has 2 aromatic rings. The first-order chi connectivity index (χ1) is 9.78. The van der Waals surface area contributed by atoms with Gasteiger partial charge in [-0.25, -0.2) is 4.98 Å². The third kappa shape index (κ3) is 2.82. The van der Waals surface area contributed by atoms with E-state index in [1.165, 1.54) is 25.5 Å². The number of pyridine rings is 1. The molecule has 0 radical (unpaired) electrons. The molecule has 20 heavy (non-hydrogen) atoms. The van der Waals surface area contributed by atoms with Gasteiger partial charge in [0.05, 0.1) is 13.5 Å². The van der Waals surface area contributed by atoms with Crippen molar-refractivity contribution in [2.75, 3.05) is 7.11 Å². The number of hydrogen-bond donors (Lipinski definition) is 1. The second kappa shape index (κ2) is 5.63. The molecule has 0 spiro atoms. The van der Waals surface area contributed by atoms with Crippen LogP contribution >= 0.6 is 0 Å². The van der Waals surface area contributed by atoms with Crippen molar-refractivity contribution in [1.29, 1.82) is 0 Å². The van der Waals surface area contributed by atoms with E-state index in [-0.39, 0.29) is 5.97 Å². The summed E-state index contributed by atoms with van der Waals surface area (Å²) in [5, 5.41) is 4.68. The normalized spacial score (nSPS) is 14.7. The molecule has 0 saturated heterocycles. The molecule has 1 saturated carbocycles. The Morgan fingerprint density at radius 2 is 2.40 bits per heavy atom. The number of ether oxygens (including phenoxy) is 1. The number of nitrogens with zero attached hydrogens (tertiary/aromatic N) is 2. The van der Waals surface area contributed by atoms with E-state index in [4.69, 9.17) is 4.74 Å². The van der Waals surface area contributed by atoms with E-state index in [1.807, 2.05) is 10.6 Å². The van der Waals surface area contributed by atoms with Gasteiger partial charge < -0.3 is 14.6 Å². The number of carbonyl (C=O) groups excluding carboxylic acids is 1. The second-order valence-corrected chi connectivity index (χ2v) is 5.20. The van der Waals surface area contributed by atoms with Crippen LogP contribution in [0.15, 0.2) is 24.5 Å². The Bertz CT molecular complexity index is 617. The lowest BCUT2D eigenvalue weighted by Gasteiger charge is -2.03. The Balaban J connectivity index is 1.81. The van der Waals surface area contributed by atoms with E-state index < -0.39 is 0 Å². The molecule has 3 rings (SSSR count). The first-order valence-corrected chi connectivity index (χ1v) is 7.01. The van der Waals surface area contributed by atoms with Gasteiger partial charge in [-0.05, 0) is 30.5 Å². The minimum atomic E-state index is -0.194. The molecular formula is C15H19N3O2. The highest BCUT2D eigenvalue weighted by Gasteiger charge is 2.21. The molecule has 106 valence electrons. The van der Waals surface area contributed by atoms with Gasteiger partial charge in [-0.15, -0.1) is 0 Å². The summed E-state index contributed by atoms with van der Waals surface area (Å²) in [6.45, 7) is 1.46. The summed E-state index contributed by atoms with van der Waals surface area (Å²) in [6, 6.07) is 4.72. The zero-order valence-corrected chi connectivity index (χ0v) is 11.6.